The number of rotatable bonds is 3. The first-order valence-corrected chi connectivity index (χ1v) is 11.6. The largest absolute Gasteiger partial charge is 0.383 e. The Morgan fingerprint density at radius 1 is 1.20 bits per heavy atom. The Hall–Kier alpha value is -2.94. The number of sulfone groups is 1. The number of aryl methyl sites for hydroxylation is 1. The fraction of sp³-hybridized carbons (Fsp3) is 0.381. The van der Waals surface area contributed by atoms with Crippen LogP contribution in [0.15, 0.2) is 41.4 Å². The molecule has 160 valence electrons. The molecule has 1 aromatic carbocycles. The smallest absolute Gasteiger partial charge is 0.313 e. The van der Waals surface area contributed by atoms with Gasteiger partial charge in [-0.2, -0.15) is 0 Å². The van der Waals surface area contributed by atoms with E-state index in [1.807, 2.05) is 6.92 Å². The summed E-state index contributed by atoms with van der Waals surface area (Å²) < 4.78 is 23.4. The van der Waals surface area contributed by atoms with Gasteiger partial charge in [-0.1, -0.05) is 19.1 Å². The van der Waals surface area contributed by atoms with Crippen molar-refractivity contribution in [2.75, 3.05) is 23.9 Å². The lowest BCUT2D eigenvalue weighted by Gasteiger charge is -2.38. The molecule has 0 unspecified atom stereocenters. The van der Waals surface area contributed by atoms with E-state index in [0.29, 0.717) is 30.0 Å². The van der Waals surface area contributed by atoms with E-state index >= 15 is 0 Å². The number of carbonyl (C=O) groups is 2. The van der Waals surface area contributed by atoms with Crippen LogP contribution in [0.5, 0.6) is 0 Å². The summed E-state index contributed by atoms with van der Waals surface area (Å²) in [7, 11) is -3.30. The van der Waals surface area contributed by atoms with E-state index in [0.717, 1.165) is 18.2 Å². The fourth-order valence-corrected chi connectivity index (χ4v) is 4.26. The van der Waals surface area contributed by atoms with Gasteiger partial charge in [0.25, 0.3) is 0 Å². The van der Waals surface area contributed by atoms with Gasteiger partial charge in [0.05, 0.1) is 22.8 Å². The number of aromatic nitrogens is 1. The van der Waals surface area contributed by atoms with Gasteiger partial charge in [-0.15, -0.1) is 0 Å². The Kier molecular flexibility index (Phi) is 6.12. The summed E-state index contributed by atoms with van der Waals surface area (Å²) in [6.45, 7) is 4.25. The third-order valence-corrected chi connectivity index (χ3v) is 6.47. The molecular formula is C21H26N4O4S. The molecule has 0 saturated carbocycles. The zero-order valence-electron chi connectivity index (χ0n) is 17.3. The average Bonchev–Trinajstić information content (AvgIpc) is 2.69. The Morgan fingerprint density at radius 3 is 2.47 bits per heavy atom. The number of benzene rings is 1. The lowest BCUT2D eigenvalue weighted by Crippen LogP contribution is -2.46. The number of hydrogen-bond donors (Lipinski definition) is 2. The predicted octanol–water partition coefficient (Wildman–Crippen LogP) is 2.31. The first-order valence-electron chi connectivity index (χ1n) is 9.70. The van der Waals surface area contributed by atoms with Gasteiger partial charge in [0.2, 0.25) is 0 Å². The molecule has 0 radical (unpaired) electrons. The van der Waals surface area contributed by atoms with Crippen LogP contribution in [0.2, 0.25) is 0 Å². The number of nitrogens with one attached hydrogen (secondary N) is 1. The number of nitrogens with two attached hydrogens (primary N) is 1. The van der Waals surface area contributed by atoms with Crippen molar-refractivity contribution in [1.82, 2.24) is 9.88 Å². The van der Waals surface area contributed by atoms with Gasteiger partial charge in [0, 0.05) is 12.8 Å². The van der Waals surface area contributed by atoms with Crippen molar-refractivity contribution in [1.29, 1.82) is 0 Å². The van der Waals surface area contributed by atoms with Crippen LogP contribution in [0.4, 0.5) is 11.5 Å². The number of hydrogen-bond acceptors (Lipinski definition) is 6. The number of anilines is 2. The number of carbonyl (C=O) groups excluding carboxylic acids is 2. The lowest BCUT2D eigenvalue weighted by atomic mass is 9.90. The highest BCUT2D eigenvalue weighted by Gasteiger charge is 2.34. The minimum Gasteiger partial charge on any atom is -0.383 e. The molecule has 0 aliphatic carbocycles. The molecule has 30 heavy (non-hydrogen) atoms. The Morgan fingerprint density at radius 2 is 1.87 bits per heavy atom. The summed E-state index contributed by atoms with van der Waals surface area (Å²) in [5, 5.41) is 2.60. The van der Waals surface area contributed by atoms with E-state index in [9.17, 15) is 18.0 Å². The van der Waals surface area contributed by atoms with Crippen LogP contribution in [0.25, 0.3) is 0 Å². The van der Waals surface area contributed by atoms with E-state index < -0.39 is 21.7 Å². The SMILES string of the molecule is Cc1cc(NC(=O)C(=O)N2C[C@@H](C)CC[C@@H]2c2ccc(S(C)(=O)=O)cc2)cnc1N. The third kappa shape index (κ3) is 4.79. The Balaban J connectivity index is 1.81. The molecule has 1 aliphatic heterocycles. The summed E-state index contributed by atoms with van der Waals surface area (Å²) >= 11 is 0. The second-order valence-corrected chi connectivity index (χ2v) is 9.89. The van der Waals surface area contributed by atoms with Crippen LogP contribution in [0.3, 0.4) is 0 Å². The molecule has 1 fully saturated rings. The molecule has 2 atom stereocenters. The minimum atomic E-state index is -3.30. The summed E-state index contributed by atoms with van der Waals surface area (Å²) in [4.78, 5) is 31.4. The van der Waals surface area contributed by atoms with E-state index in [2.05, 4.69) is 10.3 Å². The number of amides is 2. The van der Waals surface area contributed by atoms with Gasteiger partial charge >= 0.3 is 11.8 Å². The zero-order chi connectivity index (χ0) is 22.1. The molecular weight excluding hydrogens is 404 g/mol. The van der Waals surface area contributed by atoms with Crippen molar-refractivity contribution >= 4 is 33.2 Å². The number of likely N-dealkylation sites (tertiary alicyclic amines) is 1. The van der Waals surface area contributed by atoms with Crippen molar-refractivity contribution in [3.63, 3.8) is 0 Å². The molecule has 1 saturated heterocycles. The van der Waals surface area contributed by atoms with Crippen LogP contribution < -0.4 is 11.1 Å². The average molecular weight is 431 g/mol. The summed E-state index contributed by atoms with van der Waals surface area (Å²) in [5.74, 6) is -0.753. The first-order chi connectivity index (χ1) is 14.1. The highest BCUT2D eigenvalue weighted by Crippen LogP contribution is 2.34. The lowest BCUT2D eigenvalue weighted by molar-refractivity contribution is -0.146. The zero-order valence-corrected chi connectivity index (χ0v) is 18.1. The molecule has 2 aromatic rings. The number of piperidine rings is 1. The molecule has 0 bridgehead atoms. The molecule has 1 aromatic heterocycles. The normalized spacial score (nSPS) is 19.4. The van der Waals surface area contributed by atoms with Gasteiger partial charge in [-0.25, -0.2) is 13.4 Å². The maximum atomic E-state index is 13.0. The molecule has 3 N–H and O–H groups in total. The van der Waals surface area contributed by atoms with Crippen molar-refractivity contribution in [3.8, 4) is 0 Å². The van der Waals surface area contributed by atoms with E-state index in [4.69, 9.17) is 5.73 Å². The van der Waals surface area contributed by atoms with Crippen molar-refractivity contribution in [2.24, 2.45) is 5.92 Å². The third-order valence-electron chi connectivity index (χ3n) is 5.34. The van der Waals surface area contributed by atoms with E-state index in [-0.39, 0.29) is 16.9 Å². The quantitative estimate of drug-likeness (QED) is 0.721. The summed E-state index contributed by atoms with van der Waals surface area (Å²) in [5.41, 5.74) is 7.61. The maximum absolute atomic E-state index is 13.0. The Bertz CT molecular complexity index is 1070. The van der Waals surface area contributed by atoms with Crippen LogP contribution in [-0.2, 0) is 19.4 Å². The molecule has 1 aliphatic rings. The summed E-state index contributed by atoms with van der Waals surface area (Å²) in [6.07, 6.45) is 4.16. The highest BCUT2D eigenvalue weighted by atomic mass is 32.2. The predicted molar refractivity (Wildman–Crippen MR) is 114 cm³/mol. The molecule has 2 heterocycles. The van der Waals surface area contributed by atoms with Crippen LogP contribution >= 0.6 is 0 Å². The molecule has 3 rings (SSSR count). The van der Waals surface area contributed by atoms with Crippen LogP contribution in [0.1, 0.15) is 36.9 Å². The first kappa shape index (κ1) is 21.8. The number of nitrogen functional groups attached to an aromatic ring is 1. The topological polar surface area (TPSA) is 122 Å². The fourth-order valence-electron chi connectivity index (χ4n) is 3.63. The Labute approximate surface area is 176 Å². The van der Waals surface area contributed by atoms with Gasteiger partial charge in [0.15, 0.2) is 9.84 Å². The van der Waals surface area contributed by atoms with Crippen LogP contribution in [0, 0.1) is 12.8 Å². The molecule has 0 spiro atoms. The molecule has 9 heteroatoms. The standard InChI is InChI=1S/C21H26N4O4S/c1-13-4-9-18(15-5-7-17(8-6-15)30(3,28)29)25(12-13)21(27)20(26)24-16-10-14(2)19(22)23-11-16/h5-8,10-11,13,18H,4,9,12H2,1-3H3,(H2,22,23)(H,24,26)/t13-,18+/m0/s1. The van der Waals surface area contributed by atoms with E-state index in [1.54, 1.807) is 30.0 Å². The van der Waals surface area contributed by atoms with Gasteiger partial charge < -0.3 is 16.0 Å². The van der Waals surface area contributed by atoms with Crippen LogP contribution in [-0.4, -0.2) is 42.9 Å². The van der Waals surface area contributed by atoms with E-state index in [1.165, 1.54) is 18.3 Å². The number of pyridine rings is 1. The van der Waals surface area contributed by atoms with Crippen molar-refractivity contribution in [2.45, 2.75) is 37.6 Å². The molecule has 8 nitrogen and oxygen atoms in total. The molecule has 2 amide bonds. The second kappa shape index (κ2) is 8.43. The van der Waals surface area contributed by atoms with Crippen molar-refractivity contribution in [3.05, 3.63) is 47.7 Å². The van der Waals surface area contributed by atoms with Gasteiger partial charge in [-0.3, -0.25) is 9.59 Å². The minimum absolute atomic E-state index is 0.220. The van der Waals surface area contributed by atoms with Gasteiger partial charge in [0.1, 0.15) is 5.82 Å². The van der Waals surface area contributed by atoms with Crippen molar-refractivity contribution < 1.29 is 18.0 Å². The second-order valence-electron chi connectivity index (χ2n) is 7.88. The number of nitrogens with zero attached hydrogens (tertiary/aromatic N) is 2. The monoisotopic (exact) mass is 430 g/mol. The maximum Gasteiger partial charge on any atom is 0.313 e. The summed E-state index contributed by atoms with van der Waals surface area (Å²) in [6, 6.07) is 7.86. The highest BCUT2D eigenvalue weighted by molar-refractivity contribution is 7.90. The van der Waals surface area contributed by atoms with Gasteiger partial charge in [-0.05, 0) is 55.0 Å².